The monoisotopic (exact) mass is 421 g/mol. The van der Waals surface area contributed by atoms with Crippen molar-refractivity contribution in [2.75, 3.05) is 6.61 Å². The second kappa shape index (κ2) is 9.11. The summed E-state index contributed by atoms with van der Waals surface area (Å²) in [6.45, 7) is 6.67. The Balaban J connectivity index is 2.04. The van der Waals surface area contributed by atoms with Crippen LogP contribution >= 0.6 is 0 Å². The van der Waals surface area contributed by atoms with Crippen LogP contribution in [-0.4, -0.2) is 57.7 Å². The van der Waals surface area contributed by atoms with Crippen LogP contribution in [0.15, 0.2) is 18.2 Å². The third-order valence-corrected chi connectivity index (χ3v) is 4.94. The van der Waals surface area contributed by atoms with Crippen molar-refractivity contribution in [2.24, 2.45) is 0 Å². The maximum Gasteiger partial charge on any atom is 0.488 e. The van der Waals surface area contributed by atoms with Crippen molar-refractivity contribution < 1.29 is 29.3 Å². The molecule has 1 saturated carbocycles. The van der Waals surface area contributed by atoms with Gasteiger partial charge >= 0.3 is 7.12 Å². The molecule has 1 aliphatic rings. The van der Waals surface area contributed by atoms with Crippen LogP contribution in [0.2, 0.25) is 0 Å². The second-order valence-corrected chi connectivity index (χ2v) is 8.68. The number of ether oxygens (including phenoxy) is 1. The van der Waals surface area contributed by atoms with E-state index in [1.165, 1.54) is 6.07 Å². The summed E-state index contributed by atoms with van der Waals surface area (Å²) in [4.78, 5) is 35.4. The first-order valence-electron chi connectivity index (χ1n) is 9.74. The summed E-state index contributed by atoms with van der Waals surface area (Å²) in [5.74, 6) is -0.875. The van der Waals surface area contributed by atoms with Gasteiger partial charge in [0, 0.05) is 23.7 Å². The summed E-state index contributed by atoms with van der Waals surface area (Å²) in [5, 5.41) is 35.3. The van der Waals surface area contributed by atoms with Gasteiger partial charge in [0.25, 0.3) is 17.5 Å². The third-order valence-electron chi connectivity index (χ3n) is 4.94. The minimum absolute atomic E-state index is 0.00817. The molecule has 1 aromatic rings. The lowest BCUT2D eigenvalue weighted by Gasteiger charge is -2.34. The van der Waals surface area contributed by atoms with E-state index < -0.39 is 34.8 Å². The van der Waals surface area contributed by atoms with Crippen molar-refractivity contribution in [3.05, 3.63) is 33.9 Å². The fourth-order valence-corrected chi connectivity index (χ4v) is 2.77. The van der Waals surface area contributed by atoms with Gasteiger partial charge in [0.1, 0.15) is 5.60 Å². The molecule has 11 heteroatoms. The second-order valence-electron chi connectivity index (χ2n) is 8.68. The molecule has 0 saturated heterocycles. The lowest BCUT2D eigenvalue weighted by atomic mass is 9.79. The molecule has 2 amide bonds. The molecule has 0 spiro atoms. The van der Waals surface area contributed by atoms with E-state index >= 15 is 0 Å². The fraction of sp³-hybridized carbons (Fsp3) is 0.579. The number of benzene rings is 1. The fourth-order valence-electron chi connectivity index (χ4n) is 2.77. The number of hydrogen-bond donors (Lipinski definition) is 4. The molecule has 1 aliphatic carbocycles. The summed E-state index contributed by atoms with van der Waals surface area (Å²) < 4.78 is 5.77. The topological polar surface area (TPSA) is 151 Å². The quantitative estimate of drug-likeness (QED) is 0.253. The molecule has 30 heavy (non-hydrogen) atoms. The standard InChI is InChI=1S/C19H28BN3O7/c1-18(2,11-30-19(3,4)17(25)21-14-6-5-7-14)22-16(24)12-8-13(20(26)27)10-15(9-12)23(28)29/h8-10,14,26-27H,5-7,11H2,1-4H3,(H,21,25)(H,22,24). The molecule has 1 aromatic carbocycles. The first-order chi connectivity index (χ1) is 13.8. The van der Waals surface area contributed by atoms with E-state index in [1.807, 2.05) is 0 Å². The third kappa shape index (κ3) is 6.25. The van der Waals surface area contributed by atoms with Gasteiger partial charge in [-0.3, -0.25) is 19.7 Å². The van der Waals surface area contributed by atoms with Gasteiger partial charge in [-0.2, -0.15) is 0 Å². The summed E-state index contributed by atoms with van der Waals surface area (Å²) >= 11 is 0. The molecule has 0 heterocycles. The highest BCUT2D eigenvalue weighted by Gasteiger charge is 2.34. The van der Waals surface area contributed by atoms with Gasteiger partial charge in [-0.25, -0.2) is 0 Å². The Morgan fingerprint density at radius 2 is 1.87 bits per heavy atom. The van der Waals surface area contributed by atoms with Crippen molar-refractivity contribution >= 4 is 30.1 Å². The molecule has 1 fully saturated rings. The molecule has 164 valence electrons. The lowest BCUT2D eigenvalue weighted by molar-refractivity contribution is -0.384. The number of carbonyl (C=O) groups excluding carboxylic acids is 2. The van der Waals surface area contributed by atoms with E-state index in [9.17, 15) is 29.8 Å². The maximum atomic E-state index is 12.6. The molecular formula is C19H28BN3O7. The van der Waals surface area contributed by atoms with Gasteiger partial charge in [-0.05, 0) is 58.5 Å². The summed E-state index contributed by atoms with van der Waals surface area (Å²) in [5.41, 5.74) is -2.71. The minimum atomic E-state index is -1.96. The SMILES string of the molecule is CC(C)(COC(C)(C)C(=O)NC1CCC1)NC(=O)c1cc(B(O)O)cc([N+](=O)[O-])c1. The van der Waals surface area contributed by atoms with Gasteiger partial charge in [-0.15, -0.1) is 0 Å². The molecule has 0 aliphatic heterocycles. The average Bonchev–Trinajstić information content (AvgIpc) is 2.62. The van der Waals surface area contributed by atoms with Gasteiger partial charge in [0.05, 0.1) is 17.1 Å². The number of nitro benzene ring substituents is 1. The molecule has 0 atom stereocenters. The number of nitro groups is 1. The highest BCUT2D eigenvalue weighted by atomic mass is 16.6. The Labute approximate surface area is 175 Å². The van der Waals surface area contributed by atoms with Crippen LogP contribution in [0.1, 0.15) is 57.3 Å². The highest BCUT2D eigenvalue weighted by molar-refractivity contribution is 6.58. The average molecular weight is 421 g/mol. The number of nitrogens with one attached hydrogen (secondary N) is 2. The Hall–Kier alpha value is -2.50. The number of hydrogen-bond acceptors (Lipinski definition) is 7. The van der Waals surface area contributed by atoms with E-state index in [2.05, 4.69) is 10.6 Å². The molecule has 0 aromatic heterocycles. The predicted octanol–water partition coefficient (Wildman–Crippen LogP) is 0.247. The van der Waals surface area contributed by atoms with Crippen molar-refractivity contribution in [3.63, 3.8) is 0 Å². The van der Waals surface area contributed by atoms with Crippen LogP contribution in [0.4, 0.5) is 5.69 Å². The number of carbonyl (C=O) groups is 2. The largest absolute Gasteiger partial charge is 0.488 e. The molecule has 2 rings (SSSR count). The molecule has 4 N–H and O–H groups in total. The Bertz CT molecular complexity index is 822. The molecule has 0 unspecified atom stereocenters. The van der Waals surface area contributed by atoms with E-state index in [0.29, 0.717) is 0 Å². The van der Waals surface area contributed by atoms with E-state index in [4.69, 9.17) is 4.74 Å². The zero-order valence-corrected chi connectivity index (χ0v) is 17.6. The zero-order chi connectivity index (χ0) is 22.7. The van der Waals surface area contributed by atoms with E-state index in [1.54, 1.807) is 27.7 Å². The molecule has 0 bridgehead atoms. The van der Waals surface area contributed by atoms with Crippen LogP contribution in [-0.2, 0) is 9.53 Å². The highest BCUT2D eigenvalue weighted by Crippen LogP contribution is 2.21. The number of nitrogens with zero attached hydrogens (tertiary/aromatic N) is 1. The molecule has 10 nitrogen and oxygen atoms in total. The van der Waals surface area contributed by atoms with E-state index in [0.717, 1.165) is 31.4 Å². The van der Waals surface area contributed by atoms with Crippen LogP contribution in [0, 0.1) is 10.1 Å². The summed E-state index contributed by atoms with van der Waals surface area (Å²) in [7, 11) is -1.96. The maximum absolute atomic E-state index is 12.6. The molecular weight excluding hydrogens is 393 g/mol. The summed E-state index contributed by atoms with van der Waals surface area (Å²) in [6.07, 6.45) is 3.01. The Morgan fingerprint density at radius 1 is 1.23 bits per heavy atom. The minimum Gasteiger partial charge on any atom is -0.423 e. The number of amides is 2. The zero-order valence-electron chi connectivity index (χ0n) is 17.6. The van der Waals surface area contributed by atoms with E-state index in [-0.39, 0.29) is 29.6 Å². The number of non-ortho nitro benzene ring substituents is 1. The van der Waals surface area contributed by atoms with Crippen LogP contribution in [0.25, 0.3) is 0 Å². The van der Waals surface area contributed by atoms with Gasteiger partial charge in [0.2, 0.25) is 0 Å². The van der Waals surface area contributed by atoms with Crippen molar-refractivity contribution in [3.8, 4) is 0 Å². The number of rotatable bonds is 9. The van der Waals surface area contributed by atoms with Crippen LogP contribution in [0.5, 0.6) is 0 Å². The van der Waals surface area contributed by atoms with Gasteiger partial charge < -0.3 is 25.4 Å². The predicted molar refractivity (Wildman–Crippen MR) is 110 cm³/mol. The van der Waals surface area contributed by atoms with Crippen LogP contribution in [0.3, 0.4) is 0 Å². The van der Waals surface area contributed by atoms with Crippen molar-refractivity contribution in [1.29, 1.82) is 0 Å². The Kier molecular flexibility index (Phi) is 7.22. The summed E-state index contributed by atoms with van der Waals surface area (Å²) in [6, 6.07) is 3.38. The first-order valence-corrected chi connectivity index (χ1v) is 9.74. The van der Waals surface area contributed by atoms with Crippen molar-refractivity contribution in [1.82, 2.24) is 10.6 Å². The lowest BCUT2D eigenvalue weighted by Crippen LogP contribution is -2.54. The molecule has 0 radical (unpaired) electrons. The first kappa shape index (κ1) is 23.8. The van der Waals surface area contributed by atoms with Gasteiger partial charge in [-0.1, -0.05) is 0 Å². The van der Waals surface area contributed by atoms with Crippen molar-refractivity contribution in [2.45, 2.75) is 64.1 Å². The van der Waals surface area contributed by atoms with Gasteiger partial charge in [0.15, 0.2) is 0 Å². The normalized spacial score (nSPS) is 14.6. The smallest absolute Gasteiger partial charge is 0.423 e. The Morgan fingerprint density at radius 3 is 2.37 bits per heavy atom. The van der Waals surface area contributed by atoms with Crippen LogP contribution < -0.4 is 16.1 Å².